The zero-order chi connectivity index (χ0) is 20.8. The second kappa shape index (κ2) is 10.2. The van der Waals surface area contributed by atoms with E-state index in [9.17, 15) is 14.0 Å². The van der Waals surface area contributed by atoms with E-state index >= 15 is 0 Å². The van der Waals surface area contributed by atoms with Crippen molar-refractivity contribution in [1.82, 2.24) is 15.1 Å². The summed E-state index contributed by atoms with van der Waals surface area (Å²) in [4.78, 5) is 29.4. The number of morpholine rings is 1. The summed E-state index contributed by atoms with van der Waals surface area (Å²) >= 11 is 0. The number of rotatable bonds is 6. The Labute approximate surface area is 172 Å². The van der Waals surface area contributed by atoms with Gasteiger partial charge in [0.2, 0.25) is 5.91 Å². The standard InChI is InChI=1S/C22H32FN3O3/c1-16(2)20(25-11-13-29-14-12-25)15-24-21(27)17-7-9-26(10-8-17)22(28)18-3-5-19(23)6-4-18/h3-6,16-17,20H,7-15H2,1-2H3,(H,24,27). The van der Waals surface area contributed by atoms with E-state index in [1.54, 1.807) is 4.90 Å². The molecule has 0 aliphatic carbocycles. The molecule has 3 rings (SSSR count). The molecule has 2 fully saturated rings. The number of hydrogen-bond acceptors (Lipinski definition) is 4. The van der Waals surface area contributed by atoms with Gasteiger partial charge in [-0.1, -0.05) is 13.8 Å². The number of nitrogens with zero attached hydrogens (tertiary/aromatic N) is 2. The number of ether oxygens (including phenoxy) is 1. The third-order valence-corrected chi connectivity index (χ3v) is 6.01. The van der Waals surface area contributed by atoms with Gasteiger partial charge in [-0.2, -0.15) is 0 Å². The first-order valence-corrected chi connectivity index (χ1v) is 10.6. The van der Waals surface area contributed by atoms with Crippen molar-refractivity contribution < 1.29 is 18.7 Å². The second-order valence-corrected chi connectivity index (χ2v) is 8.28. The van der Waals surface area contributed by atoms with E-state index < -0.39 is 0 Å². The fourth-order valence-corrected chi connectivity index (χ4v) is 4.16. The van der Waals surface area contributed by atoms with E-state index in [0.29, 0.717) is 50.0 Å². The van der Waals surface area contributed by atoms with Gasteiger partial charge in [0, 0.05) is 50.2 Å². The molecular formula is C22H32FN3O3. The average Bonchev–Trinajstić information content (AvgIpc) is 2.74. The molecule has 2 amide bonds. The number of amides is 2. The molecule has 2 aliphatic heterocycles. The van der Waals surface area contributed by atoms with Crippen LogP contribution >= 0.6 is 0 Å². The first-order chi connectivity index (χ1) is 14.0. The van der Waals surface area contributed by atoms with Crippen LogP contribution in [0, 0.1) is 17.7 Å². The molecule has 29 heavy (non-hydrogen) atoms. The molecule has 0 aromatic heterocycles. The van der Waals surface area contributed by atoms with E-state index in [0.717, 1.165) is 26.3 Å². The third kappa shape index (κ3) is 5.76. The van der Waals surface area contributed by atoms with E-state index in [4.69, 9.17) is 4.74 Å². The van der Waals surface area contributed by atoms with Crippen LogP contribution in [0.2, 0.25) is 0 Å². The zero-order valence-corrected chi connectivity index (χ0v) is 17.4. The maximum atomic E-state index is 13.1. The summed E-state index contributed by atoms with van der Waals surface area (Å²) in [6, 6.07) is 5.92. The molecule has 2 heterocycles. The molecule has 1 aromatic rings. The summed E-state index contributed by atoms with van der Waals surface area (Å²) in [6.07, 6.45) is 1.31. The van der Waals surface area contributed by atoms with Crippen molar-refractivity contribution in [2.45, 2.75) is 32.7 Å². The summed E-state index contributed by atoms with van der Waals surface area (Å²) in [5, 5.41) is 3.15. The number of nitrogens with one attached hydrogen (secondary N) is 1. The van der Waals surface area contributed by atoms with Crippen molar-refractivity contribution >= 4 is 11.8 Å². The van der Waals surface area contributed by atoms with Crippen molar-refractivity contribution in [1.29, 1.82) is 0 Å². The predicted octanol–water partition coefficient (Wildman–Crippen LogP) is 2.15. The summed E-state index contributed by atoms with van der Waals surface area (Å²) in [7, 11) is 0. The van der Waals surface area contributed by atoms with E-state index in [-0.39, 0.29) is 23.5 Å². The lowest BCUT2D eigenvalue weighted by Gasteiger charge is -2.37. The van der Waals surface area contributed by atoms with Gasteiger partial charge in [-0.15, -0.1) is 0 Å². The molecule has 160 valence electrons. The third-order valence-electron chi connectivity index (χ3n) is 6.01. The Morgan fingerprint density at radius 2 is 1.72 bits per heavy atom. The van der Waals surface area contributed by atoms with Crippen LogP contribution in [0.1, 0.15) is 37.0 Å². The monoisotopic (exact) mass is 405 g/mol. The molecule has 0 bridgehead atoms. The fourth-order valence-electron chi connectivity index (χ4n) is 4.16. The molecule has 0 saturated carbocycles. The quantitative estimate of drug-likeness (QED) is 0.788. The minimum atomic E-state index is -0.353. The predicted molar refractivity (Wildman–Crippen MR) is 109 cm³/mol. The Morgan fingerprint density at radius 1 is 1.10 bits per heavy atom. The van der Waals surface area contributed by atoms with Crippen LogP contribution in [0.4, 0.5) is 4.39 Å². The Morgan fingerprint density at radius 3 is 2.31 bits per heavy atom. The zero-order valence-electron chi connectivity index (χ0n) is 17.4. The van der Waals surface area contributed by atoms with Crippen molar-refractivity contribution in [2.24, 2.45) is 11.8 Å². The van der Waals surface area contributed by atoms with Gasteiger partial charge in [0.15, 0.2) is 0 Å². The van der Waals surface area contributed by atoms with Crippen LogP contribution in [0.15, 0.2) is 24.3 Å². The average molecular weight is 406 g/mol. The van der Waals surface area contributed by atoms with Crippen molar-refractivity contribution in [2.75, 3.05) is 45.9 Å². The van der Waals surface area contributed by atoms with Crippen LogP contribution < -0.4 is 5.32 Å². The van der Waals surface area contributed by atoms with Gasteiger partial charge in [0.05, 0.1) is 13.2 Å². The van der Waals surface area contributed by atoms with Crippen LogP contribution in [0.25, 0.3) is 0 Å². The summed E-state index contributed by atoms with van der Waals surface area (Å²) in [6.45, 7) is 9.42. The highest BCUT2D eigenvalue weighted by Gasteiger charge is 2.29. The van der Waals surface area contributed by atoms with Gasteiger partial charge in [-0.05, 0) is 43.0 Å². The van der Waals surface area contributed by atoms with E-state index in [2.05, 4.69) is 24.1 Å². The van der Waals surface area contributed by atoms with Gasteiger partial charge in [-0.25, -0.2) is 4.39 Å². The van der Waals surface area contributed by atoms with Crippen molar-refractivity contribution in [3.63, 3.8) is 0 Å². The first kappa shape index (κ1) is 21.7. The highest BCUT2D eigenvalue weighted by atomic mass is 19.1. The van der Waals surface area contributed by atoms with Gasteiger partial charge in [0.1, 0.15) is 5.82 Å². The number of carbonyl (C=O) groups is 2. The molecule has 0 spiro atoms. The molecule has 7 heteroatoms. The van der Waals surface area contributed by atoms with Crippen LogP contribution in [0.5, 0.6) is 0 Å². The molecule has 1 N–H and O–H groups in total. The minimum absolute atomic E-state index is 0.0650. The van der Waals surface area contributed by atoms with Crippen LogP contribution in [-0.2, 0) is 9.53 Å². The number of piperidine rings is 1. The van der Waals surface area contributed by atoms with E-state index in [1.807, 2.05) is 0 Å². The number of halogens is 1. The Balaban J connectivity index is 1.46. The van der Waals surface area contributed by atoms with Crippen LogP contribution in [-0.4, -0.2) is 73.6 Å². The normalized spacial score (nSPS) is 19.9. The lowest BCUT2D eigenvalue weighted by Crippen LogP contribution is -2.52. The number of carbonyl (C=O) groups excluding carboxylic acids is 2. The van der Waals surface area contributed by atoms with Gasteiger partial charge in [0.25, 0.3) is 5.91 Å². The minimum Gasteiger partial charge on any atom is -0.379 e. The Bertz CT molecular complexity index is 681. The van der Waals surface area contributed by atoms with Crippen molar-refractivity contribution in [3.05, 3.63) is 35.6 Å². The van der Waals surface area contributed by atoms with Gasteiger partial charge in [-0.3, -0.25) is 14.5 Å². The number of likely N-dealkylation sites (tertiary alicyclic amines) is 1. The lowest BCUT2D eigenvalue weighted by molar-refractivity contribution is -0.126. The van der Waals surface area contributed by atoms with Crippen molar-refractivity contribution in [3.8, 4) is 0 Å². The summed E-state index contributed by atoms with van der Waals surface area (Å²) in [5.74, 6) is 0.0101. The van der Waals surface area contributed by atoms with Gasteiger partial charge >= 0.3 is 0 Å². The number of hydrogen-bond donors (Lipinski definition) is 1. The Hall–Kier alpha value is -1.99. The second-order valence-electron chi connectivity index (χ2n) is 8.28. The fraction of sp³-hybridized carbons (Fsp3) is 0.636. The molecule has 1 aromatic carbocycles. The highest BCUT2D eigenvalue weighted by molar-refractivity contribution is 5.94. The molecular weight excluding hydrogens is 373 g/mol. The van der Waals surface area contributed by atoms with Gasteiger partial charge < -0.3 is 15.0 Å². The molecule has 1 atom stereocenters. The topological polar surface area (TPSA) is 61.9 Å². The highest BCUT2D eigenvalue weighted by Crippen LogP contribution is 2.20. The molecule has 2 aliphatic rings. The SMILES string of the molecule is CC(C)C(CNC(=O)C1CCN(C(=O)c2ccc(F)cc2)CC1)N1CCOCC1. The largest absolute Gasteiger partial charge is 0.379 e. The summed E-state index contributed by atoms with van der Waals surface area (Å²) < 4.78 is 18.5. The lowest BCUT2D eigenvalue weighted by atomic mass is 9.94. The first-order valence-electron chi connectivity index (χ1n) is 10.6. The molecule has 6 nitrogen and oxygen atoms in total. The summed E-state index contributed by atoms with van der Waals surface area (Å²) in [5.41, 5.74) is 0.486. The van der Waals surface area contributed by atoms with E-state index in [1.165, 1.54) is 24.3 Å². The number of benzene rings is 1. The molecule has 2 saturated heterocycles. The molecule has 0 radical (unpaired) electrons. The maximum Gasteiger partial charge on any atom is 0.253 e. The van der Waals surface area contributed by atoms with Crippen LogP contribution in [0.3, 0.4) is 0 Å². The Kier molecular flexibility index (Phi) is 7.61. The maximum absolute atomic E-state index is 13.1. The molecule has 1 unspecified atom stereocenters. The smallest absolute Gasteiger partial charge is 0.253 e.